The van der Waals surface area contributed by atoms with Gasteiger partial charge < -0.3 is 4.74 Å². The van der Waals surface area contributed by atoms with Gasteiger partial charge in [0.25, 0.3) is 0 Å². The highest BCUT2D eigenvalue weighted by atomic mass is 19.1. The molecule has 1 atom stereocenters. The summed E-state index contributed by atoms with van der Waals surface area (Å²) < 4.78 is 31.7. The molecule has 0 aliphatic carbocycles. The lowest BCUT2D eigenvalue weighted by atomic mass is 10.1. The third-order valence-corrected chi connectivity index (χ3v) is 3.02. The number of aromatic nitrogens is 1. The maximum absolute atomic E-state index is 13.5. The molecule has 0 amide bonds. The van der Waals surface area contributed by atoms with Gasteiger partial charge in [0, 0.05) is 24.4 Å². The second kappa shape index (κ2) is 7.04. The zero-order valence-corrected chi connectivity index (χ0v) is 11.6. The molecule has 1 unspecified atom stereocenters. The molecule has 1 heterocycles. The Balaban J connectivity index is 1.90. The van der Waals surface area contributed by atoms with Crippen molar-refractivity contribution in [3.05, 3.63) is 65.5 Å². The molecular weight excluding hydrogens is 276 g/mol. The summed E-state index contributed by atoms with van der Waals surface area (Å²) in [5.74, 6) is -2.10. The molecule has 0 bridgehead atoms. The third-order valence-electron chi connectivity index (χ3n) is 3.02. The smallest absolute Gasteiger partial charge is 0.194 e. The predicted molar refractivity (Wildman–Crippen MR) is 74.0 cm³/mol. The average Bonchev–Trinajstić information content (AvgIpc) is 2.47. The van der Waals surface area contributed by atoms with Crippen molar-refractivity contribution in [3.8, 4) is 0 Å². The number of carbonyl (C=O) groups excluding carboxylic acids is 1. The molecule has 0 aliphatic rings. The fourth-order valence-electron chi connectivity index (χ4n) is 1.87. The molecule has 1 aromatic heterocycles. The lowest BCUT2D eigenvalue weighted by Gasteiger charge is -2.12. The molecule has 0 aliphatic heterocycles. The number of hydrogen-bond donors (Lipinski definition) is 0. The number of pyridine rings is 1. The first-order chi connectivity index (χ1) is 10.1. The molecule has 1 aromatic carbocycles. The Bertz CT molecular complexity index is 617. The topological polar surface area (TPSA) is 39.2 Å². The van der Waals surface area contributed by atoms with E-state index in [1.807, 2.05) is 18.2 Å². The quantitative estimate of drug-likeness (QED) is 0.767. The Morgan fingerprint density at radius 2 is 2.10 bits per heavy atom. The highest BCUT2D eigenvalue weighted by molar-refractivity contribution is 5.99. The predicted octanol–water partition coefficient (Wildman–Crippen LogP) is 3.19. The first-order valence-corrected chi connectivity index (χ1v) is 6.58. The fourth-order valence-corrected chi connectivity index (χ4v) is 1.87. The Hall–Kier alpha value is -2.14. The first-order valence-electron chi connectivity index (χ1n) is 6.58. The van der Waals surface area contributed by atoms with Gasteiger partial charge in [-0.2, -0.15) is 0 Å². The number of ketones is 1. The molecule has 2 rings (SSSR count). The number of hydrogen-bond acceptors (Lipinski definition) is 3. The largest absolute Gasteiger partial charge is 0.370 e. The van der Waals surface area contributed by atoms with Crippen molar-refractivity contribution in [1.29, 1.82) is 0 Å². The molecule has 2 aromatic rings. The molecule has 5 heteroatoms. The summed E-state index contributed by atoms with van der Waals surface area (Å²) in [5, 5.41) is 0. The number of benzene rings is 1. The molecule has 0 fully saturated rings. The van der Waals surface area contributed by atoms with E-state index in [0.717, 1.165) is 17.8 Å². The Labute approximate surface area is 121 Å². The second-order valence-corrected chi connectivity index (χ2v) is 4.57. The lowest BCUT2D eigenvalue weighted by Crippen LogP contribution is -2.23. The van der Waals surface area contributed by atoms with E-state index in [1.165, 1.54) is 0 Å². The van der Waals surface area contributed by atoms with Crippen LogP contribution in [0.25, 0.3) is 0 Å². The van der Waals surface area contributed by atoms with E-state index in [9.17, 15) is 13.6 Å². The van der Waals surface area contributed by atoms with Gasteiger partial charge in [-0.05, 0) is 31.2 Å². The Morgan fingerprint density at radius 1 is 1.29 bits per heavy atom. The summed E-state index contributed by atoms with van der Waals surface area (Å²) in [5.41, 5.74) is 0.687. The number of Topliss-reactive ketones (excluding diaryl/α,β-unsaturated/α-hetero) is 1. The minimum atomic E-state index is -0.875. The molecule has 0 saturated heterocycles. The average molecular weight is 291 g/mol. The number of halogens is 2. The van der Waals surface area contributed by atoms with Gasteiger partial charge in [0.15, 0.2) is 5.78 Å². The summed E-state index contributed by atoms with van der Waals surface area (Å²) >= 11 is 0. The van der Waals surface area contributed by atoms with Crippen LogP contribution in [0.3, 0.4) is 0 Å². The monoisotopic (exact) mass is 291 g/mol. The summed E-state index contributed by atoms with van der Waals surface area (Å²) in [6.45, 7) is 1.84. The van der Waals surface area contributed by atoms with Crippen molar-refractivity contribution < 1.29 is 18.3 Å². The highest BCUT2D eigenvalue weighted by Crippen LogP contribution is 2.13. The van der Waals surface area contributed by atoms with Crippen molar-refractivity contribution in [3.63, 3.8) is 0 Å². The van der Waals surface area contributed by atoms with Gasteiger partial charge in [-0.25, -0.2) is 8.78 Å². The van der Waals surface area contributed by atoms with E-state index in [4.69, 9.17) is 4.74 Å². The van der Waals surface area contributed by atoms with Gasteiger partial charge in [0.1, 0.15) is 17.7 Å². The van der Waals surface area contributed by atoms with Gasteiger partial charge in [0.2, 0.25) is 0 Å². The number of ether oxygens (including phenoxy) is 1. The van der Waals surface area contributed by atoms with Crippen molar-refractivity contribution in [2.75, 3.05) is 6.61 Å². The van der Waals surface area contributed by atoms with Gasteiger partial charge in [-0.15, -0.1) is 0 Å². The van der Waals surface area contributed by atoms with Crippen LogP contribution in [-0.4, -0.2) is 23.5 Å². The van der Waals surface area contributed by atoms with Crippen LogP contribution in [0.15, 0.2) is 42.6 Å². The van der Waals surface area contributed by atoms with E-state index in [2.05, 4.69) is 4.98 Å². The summed E-state index contributed by atoms with van der Waals surface area (Å²) in [6.07, 6.45) is 1.44. The molecule has 0 saturated carbocycles. The molecular formula is C16H15F2NO2. The summed E-state index contributed by atoms with van der Waals surface area (Å²) in [4.78, 5) is 16.2. The Kier molecular flexibility index (Phi) is 5.11. The third kappa shape index (κ3) is 4.16. The van der Waals surface area contributed by atoms with Crippen molar-refractivity contribution >= 4 is 5.78 Å². The maximum atomic E-state index is 13.5. The van der Waals surface area contributed by atoms with Crippen molar-refractivity contribution in [2.45, 2.75) is 19.4 Å². The highest BCUT2D eigenvalue weighted by Gasteiger charge is 2.19. The van der Waals surface area contributed by atoms with Crippen LogP contribution in [0.2, 0.25) is 0 Å². The minimum absolute atomic E-state index is 0.165. The summed E-state index contributed by atoms with van der Waals surface area (Å²) in [7, 11) is 0. The zero-order chi connectivity index (χ0) is 15.2. The van der Waals surface area contributed by atoms with E-state index >= 15 is 0 Å². The van der Waals surface area contributed by atoms with Crippen LogP contribution in [-0.2, 0) is 11.2 Å². The summed E-state index contributed by atoms with van der Waals surface area (Å²) in [6, 6.07) is 8.41. The number of rotatable bonds is 6. The van der Waals surface area contributed by atoms with E-state index in [0.29, 0.717) is 19.1 Å². The van der Waals surface area contributed by atoms with Crippen LogP contribution in [0.1, 0.15) is 23.0 Å². The van der Waals surface area contributed by atoms with E-state index in [-0.39, 0.29) is 5.56 Å². The lowest BCUT2D eigenvalue weighted by molar-refractivity contribution is 0.0481. The van der Waals surface area contributed by atoms with Gasteiger partial charge >= 0.3 is 0 Å². The molecule has 0 radical (unpaired) electrons. The fraction of sp³-hybridized carbons (Fsp3) is 0.250. The molecule has 0 N–H and O–H groups in total. The number of nitrogens with zero attached hydrogens (tertiary/aromatic N) is 1. The van der Waals surface area contributed by atoms with Crippen LogP contribution < -0.4 is 0 Å². The molecule has 0 spiro atoms. The van der Waals surface area contributed by atoms with Crippen LogP contribution in [0.4, 0.5) is 8.78 Å². The van der Waals surface area contributed by atoms with Gasteiger partial charge in [-0.1, -0.05) is 6.07 Å². The zero-order valence-electron chi connectivity index (χ0n) is 11.6. The van der Waals surface area contributed by atoms with E-state index < -0.39 is 23.5 Å². The normalized spacial score (nSPS) is 12.1. The first kappa shape index (κ1) is 15.3. The van der Waals surface area contributed by atoms with Crippen LogP contribution in [0.5, 0.6) is 0 Å². The molecule has 3 nitrogen and oxygen atoms in total. The minimum Gasteiger partial charge on any atom is -0.370 e. The van der Waals surface area contributed by atoms with E-state index in [1.54, 1.807) is 13.1 Å². The van der Waals surface area contributed by atoms with Gasteiger partial charge in [0.05, 0.1) is 12.2 Å². The Morgan fingerprint density at radius 3 is 2.76 bits per heavy atom. The SMILES string of the molecule is CC(OCCc1ccccn1)C(=O)c1ccc(F)cc1F. The van der Waals surface area contributed by atoms with Crippen LogP contribution >= 0.6 is 0 Å². The number of carbonyl (C=O) groups is 1. The van der Waals surface area contributed by atoms with Crippen molar-refractivity contribution in [1.82, 2.24) is 4.98 Å². The molecule has 110 valence electrons. The maximum Gasteiger partial charge on any atom is 0.194 e. The molecule has 21 heavy (non-hydrogen) atoms. The van der Waals surface area contributed by atoms with Crippen molar-refractivity contribution in [2.24, 2.45) is 0 Å². The standard InChI is InChI=1S/C16H15F2NO2/c1-11(21-9-7-13-4-2-3-8-19-13)16(20)14-6-5-12(17)10-15(14)18/h2-6,8,10-11H,7,9H2,1H3. The van der Waals surface area contributed by atoms with Gasteiger partial charge in [-0.3, -0.25) is 9.78 Å². The van der Waals surface area contributed by atoms with Crippen LogP contribution in [0, 0.1) is 11.6 Å². The second-order valence-electron chi connectivity index (χ2n) is 4.57.